The fourth-order valence-electron chi connectivity index (χ4n) is 5.18. The van der Waals surface area contributed by atoms with E-state index in [4.69, 9.17) is 16.5 Å². The first-order chi connectivity index (χ1) is 15.0. The lowest BCUT2D eigenvalue weighted by molar-refractivity contribution is -0.153. The molecule has 6 N–H and O–H groups in total. The molecule has 0 bridgehead atoms. The minimum absolute atomic E-state index is 0.0847. The molecule has 4 rings (SSSR count). The highest BCUT2D eigenvalue weighted by atomic mass is 16.3. The average molecular weight is 442 g/mol. The minimum Gasteiger partial charge on any atom is -0.508 e. The molecule has 0 unspecified atom stereocenters. The zero-order chi connectivity index (χ0) is 24.1. The quantitative estimate of drug-likeness (QED) is 0.305. The fourth-order valence-corrected chi connectivity index (χ4v) is 5.18. The summed E-state index contributed by atoms with van der Waals surface area (Å²) < 4.78 is 0. The third-order valence-electron chi connectivity index (χ3n) is 6.46. The third-order valence-corrected chi connectivity index (χ3v) is 6.46. The maximum Gasteiger partial charge on any atom is 0.255 e. The van der Waals surface area contributed by atoms with Gasteiger partial charge in [-0.05, 0) is 44.5 Å². The van der Waals surface area contributed by atoms with Crippen molar-refractivity contribution in [2.45, 2.75) is 24.5 Å². The normalized spacial score (nSPS) is 29.0. The fraction of sp³-hybridized carbons (Fsp3) is 0.381. The first-order valence-corrected chi connectivity index (χ1v) is 9.67. The van der Waals surface area contributed by atoms with Crippen LogP contribution < -0.4 is 5.73 Å². The number of primary amides is 1. The smallest absolute Gasteiger partial charge is 0.255 e. The van der Waals surface area contributed by atoms with Crippen molar-refractivity contribution >= 4 is 23.2 Å². The molecular formula is C21H22N4O7. The molecule has 168 valence electrons. The van der Waals surface area contributed by atoms with E-state index in [2.05, 4.69) is 0 Å². The monoisotopic (exact) mass is 442 g/mol. The van der Waals surface area contributed by atoms with E-state index in [1.807, 2.05) is 0 Å². The molecule has 1 amide bonds. The molecule has 0 radical (unpaired) electrons. The second-order valence-electron chi connectivity index (χ2n) is 8.27. The number of phenols is 1. The number of likely N-dealkylation sites (N-methyl/N-ethyl adjacent to an activating group) is 1. The van der Waals surface area contributed by atoms with Crippen molar-refractivity contribution in [1.29, 1.82) is 10.8 Å². The van der Waals surface area contributed by atoms with Crippen LogP contribution >= 0.6 is 0 Å². The minimum atomic E-state index is -2.60. The van der Waals surface area contributed by atoms with Crippen LogP contribution in [-0.4, -0.2) is 68.5 Å². The van der Waals surface area contributed by atoms with Gasteiger partial charge in [-0.15, -0.1) is 0 Å². The van der Waals surface area contributed by atoms with E-state index < -0.39 is 58.0 Å². The van der Waals surface area contributed by atoms with Crippen LogP contribution in [0.25, 0.3) is 5.76 Å². The van der Waals surface area contributed by atoms with Gasteiger partial charge in [-0.25, -0.2) is 0 Å². The van der Waals surface area contributed by atoms with Crippen LogP contribution in [0.2, 0.25) is 0 Å². The van der Waals surface area contributed by atoms with Crippen LogP contribution in [0.3, 0.4) is 0 Å². The zero-order valence-corrected chi connectivity index (χ0v) is 17.3. The Balaban J connectivity index is 0.00000141. The number of fused-ring (bicyclic) bond motifs is 3. The first kappa shape index (κ1) is 22.9. The van der Waals surface area contributed by atoms with E-state index in [1.54, 1.807) is 26.2 Å². The van der Waals surface area contributed by atoms with Crippen molar-refractivity contribution in [2.75, 3.05) is 14.1 Å². The lowest BCUT2D eigenvalue weighted by Crippen LogP contribution is -2.65. The Morgan fingerprint density at radius 2 is 1.81 bits per heavy atom. The number of aliphatic hydroxyl groups is 3. The molecule has 1 aromatic carbocycles. The molecule has 4 atom stereocenters. The number of carbonyl (C=O) groups is 3. The summed E-state index contributed by atoms with van der Waals surface area (Å²) in [5.74, 6) is -6.43. The molecule has 0 saturated heterocycles. The van der Waals surface area contributed by atoms with Gasteiger partial charge in [0.05, 0.1) is 11.6 Å². The number of phenolic OH excluding ortho intramolecular Hbond substituents is 1. The van der Waals surface area contributed by atoms with Crippen molar-refractivity contribution in [1.82, 2.24) is 4.90 Å². The number of ketones is 2. The molecule has 0 aliphatic heterocycles. The van der Waals surface area contributed by atoms with Gasteiger partial charge >= 0.3 is 0 Å². The zero-order valence-electron chi connectivity index (χ0n) is 17.3. The Hall–Kier alpha value is -3.75. The van der Waals surface area contributed by atoms with E-state index >= 15 is 0 Å². The highest BCUT2D eigenvalue weighted by Crippen LogP contribution is 2.52. The number of benzene rings is 1. The molecule has 1 fully saturated rings. The number of hydrogen-bond acceptors (Lipinski definition) is 10. The highest BCUT2D eigenvalue weighted by molar-refractivity contribution is 6.24. The van der Waals surface area contributed by atoms with Gasteiger partial charge < -0.3 is 26.2 Å². The first-order valence-electron chi connectivity index (χ1n) is 9.67. The van der Waals surface area contributed by atoms with Gasteiger partial charge in [-0.3, -0.25) is 19.3 Å². The van der Waals surface area contributed by atoms with Gasteiger partial charge in [-0.1, -0.05) is 12.1 Å². The predicted octanol–water partition coefficient (Wildman–Crippen LogP) is -0.00584. The lowest BCUT2D eigenvalue weighted by Gasteiger charge is -2.50. The van der Waals surface area contributed by atoms with Crippen molar-refractivity contribution < 1.29 is 34.8 Å². The van der Waals surface area contributed by atoms with Crippen LogP contribution in [0.5, 0.6) is 5.75 Å². The number of nitrogens with zero attached hydrogens (tertiary/aromatic N) is 3. The lowest BCUT2D eigenvalue weighted by atomic mass is 9.57. The third kappa shape index (κ3) is 2.88. The Morgan fingerprint density at radius 1 is 1.19 bits per heavy atom. The predicted molar refractivity (Wildman–Crippen MR) is 108 cm³/mol. The summed E-state index contributed by atoms with van der Waals surface area (Å²) in [6.07, 6.45) is 0.379. The molecular weight excluding hydrogens is 420 g/mol. The summed E-state index contributed by atoms with van der Waals surface area (Å²) in [5.41, 5.74) is 2.41. The Kier molecular flexibility index (Phi) is 5.55. The summed E-state index contributed by atoms with van der Waals surface area (Å²) in [4.78, 5) is 39.7. The van der Waals surface area contributed by atoms with Gasteiger partial charge in [0.1, 0.15) is 22.8 Å². The summed E-state index contributed by atoms with van der Waals surface area (Å²) in [7, 11) is 3.12. The van der Waals surface area contributed by atoms with E-state index in [1.165, 1.54) is 11.0 Å². The van der Waals surface area contributed by atoms with Crippen LogP contribution in [-0.2, 0) is 20.8 Å². The number of amides is 1. The standard InChI is InChI=1S/C21H22N2O7.N2/c1-23(2)15-10-7-9-6-8-4-3-5-11(24)12(8)16(25)13(9)18(27)21(10,30)19(28)14(17(15)26)20(22)29;1-2/h3-5,9-10,15,24-25,28,30H,6-7H2,1-2H3,(H2,22,29);/t9-,10+,15-,21-;/m0./s1. The summed E-state index contributed by atoms with van der Waals surface area (Å²) in [6.45, 7) is 0. The van der Waals surface area contributed by atoms with Gasteiger partial charge in [0.15, 0.2) is 11.4 Å². The van der Waals surface area contributed by atoms with Gasteiger partial charge in [0, 0.05) is 22.3 Å². The number of carbonyl (C=O) groups excluding carboxylic acids is 3. The van der Waals surface area contributed by atoms with E-state index in [0.29, 0.717) is 12.0 Å². The van der Waals surface area contributed by atoms with Gasteiger partial charge in [0.2, 0.25) is 5.78 Å². The second-order valence-corrected chi connectivity index (χ2v) is 8.27. The molecule has 1 aromatic rings. The Labute approximate surface area is 182 Å². The van der Waals surface area contributed by atoms with Crippen molar-refractivity contribution in [3.05, 3.63) is 46.2 Å². The van der Waals surface area contributed by atoms with Crippen molar-refractivity contribution in [3.8, 4) is 5.75 Å². The molecule has 11 nitrogen and oxygen atoms in total. The van der Waals surface area contributed by atoms with Gasteiger partial charge in [0.25, 0.3) is 5.91 Å². The number of hydrogen-bond donors (Lipinski definition) is 5. The largest absolute Gasteiger partial charge is 0.508 e. The number of Topliss-reactive ketones (excluding diaryl/α,β-unsaturated/α-hetero) is 2. The molecule has 3 aliphatic carbocycles. The summed E-state index contributed by atoms with van der Waals surface area (Å²) in [6, 6.07) is 3.62. The van der Waals surface area contributed by atoms with E-state index in [0.717, 1.165) is 0 Å². The van der Waals surface area contributed by atoms with Crippen LogP contribution in [0.4, 0.5) is 0 Å². The molecule has 32 heavy (non-hydrogen) atoms. The molecule has 1 saturated carbocycles. The van der Waals surface area contributed by atoms with Crippen LogP contribution in [0, 0.1) is 22.6 Å². The SMILES string of the molecule is CN(C)[C@@H]1C(=O)C(C(N)=O)=C(O)[C@@]2(O)C(=O)C3=C(O)c4c(O)cccc4C[C@H]3C[C@H]12.N#N. The molecule has 3 aliphatic rings. The highest BCUT2D eigenvalue weighted by Gasteiger charge is 2.64. The molecule has 0 heterocycles. The summed E-state index contributed by atoms with van der Waals surface area (Å²) in [5, 5.41) is 55.1. The summed E-state index contributed by atoms with van der Waals surface area (Å²) >= 11 is 0. The number of nitrogens with two attached hydrogens (primary N) is 1. The molecule has 0 aromatic heterocycles. The number of rotatable bonds is 2. The average Bonchev–Trinajstić information content (AvgIpc) is 2.71. The number of aromatic hydroxyl groups is 1. The molecule has 11 heteroatoms. The van der Waals surface area contributed by atoms with Crippen LogP contribution in [0.1, 0.15) is 17.5 Å². The second kappa shape index (κ2) is 7.74. The van der Waals surface area contributed by atoms with E-state index in [9.17, 15) is 34.8 Å². The maximum atomic E-state index is 13.5. The molecule has 0 spiro atoms. The van der Waals surface area contributed by atoms with Gasteiger partial charge in [-0.2, -0.15) is 0 Å². The topological polar surface area (TPSA) is 209 Å². The Morgan fingerprint density at radius 3 is 2.38 bits per heavy atom. The number of aliphatic hydroxyl groups excluding tert-OH is 2. The van der Waals surface area contributed by atoms with Crippen molar-refractivity contribution in [2.24, 2.45) is 17.6 Å². The van der Waals surface area contributed by atoms with Crippen LogP contribution in [0.15, 0.2) is 35.1 Å². The Bertz CT molecular complexity index is 1120. The maximum absolute atomic E-state index is 13.5. The van der Waals surface area contributed by atoms with E-state index in [-0.39, 0.29) is 23.3 Å². The van der Waals surface area contributed by atoms with Crippen molar-refractivity contribution in [3.63, 3.8) is 0 Å².